The first-order valence-electron chi connectivity index (χ1n) is 14.3. The lowest BCUT2D eigenvalue weighted by Crippen LogP contribution is -2.51. The summed E-state index contributed by atoms with van der Waals surface area (Å²) in [5.41, 5.74) is 2.03. The number of likely N-dealkylation sites (tertiary alicyclic amines) is 1. The number of piperazine rings is 1. The third-order valence-corrected chi connectivity index (χ3v) is 7.63. The summed E-state index contributed by atoms with van der Waals surface area (Å²) in [5.74, 6) is 2.10. The van der Waals surface area contributed by atoms with Gasteiger partial charge in [-0.1, -0.05) is 32.9 Å². The molecule has 2 saturated heterocycles. The Morgan fingerprint density at radius 1 is 1.05 bits per heavy atom. The predicted octanol–water partition coefficient (Wildman–Crippen LogP) is 6.44. The van der Waals surface area contributed by atoms with E-state index in [0.717, 1.165) is 54.8 Å². The van der Waals surface area contributed by atoms with Gasteiger partial charge in [0.2, 0.25) is 5.91 Å². The summed E-state index contributed by atoms with van der Waals surface area (Å²) in [7, 11) is 1.63. The number of carbonyl (C=O) groups is 1. The normalized spacial score (nSPS) is 17.8. The van der Waals surface area contributed by atoms with E-state index < -0.39 is 11.7 Å². The van der Waals surface area contributed by atoms with Crippen molar-refractivity contribution in [2.45, 2.75) is 52.3 Å². The lowest BCUT2D eigenvalue weighted by atomic mass is 10.0. The van der Waals surface area contributed by atoms with Gasteiger partial charge in [0.1, 0.15) is 5.75 Å². The van der Waals surface area contributed by atoms with Crippen LogP contribution in [0, 0.1) is 0 Å². The second-order valence-electron chi connectivity index (χ2n) is 9.97. The SMILES string of the molecule is CC.CCc1ncc(-c2ccc(N3CCN(C(=O)CN4CCCC4c4ccc(C(F)(F)F)cc4)CC3)cc2OC)o1. The highest BCUT2D eigenvalue weighted by Crippen LogP contribution is 2.36. The molecule has 7 nitrogen and oxygen atoms in total. The van der Waals surface area contributed by atoms with Gasteiger partial charge in [-0.25, -0.2) is 4.98 Å². The third kappa shape index (κ3) is 7.04. The Labute approximate surface area is 239 Å². The molecule has 222 valence electrons. The molecular formula is C31H39F3N4O3. The fraction of sp³-hybridized carbons (Fsp3) is 0.484. The maximum atomic E-state index is 13.2. The van der Waals surface area contributed by atoms with Crippen molar-refractivity contribution < 1.29 is 27.1 Å². The van der Waals surface area contributed by atoms with E-state index in [4.69, 9.17) is 9.15 Å². The number of amides is 1. The molecule has 41 heavy (non-hydrogen) atoms. The molecule has 2 aromatic carbocycles. The minimum absolute atomic E-state index is 0.0405. The zero-order valence-electron chi connectivity index (χ0n) is 24.2. The molecule has 1 unspecified atom stereocenters. The van der Waals surface area contributed by atoms with Crippen LogP contribution in [0.15, 0.2) is 53.1 Å². The summed E-state index contributed by atoms with van der Waals surface area (Å²) < 4.78 is 50.3. The van der Waals surface area contributed by atoms with E-state index in [1.54, 1.807) is 25.4 Å². The van der Waals surface area contributed by atoms with Crippen molar-refractivity contribution in [1.29, 1.82) is 0 Å². The van der Waals surface area contributed by atoms with E-state index in [2.05, 4.69) is 14.8 Å². The van der Waals surface area contributed by atoms with Crippen LogP contribution >= 0.6 is 0 Å². The minimum atomic E-state index is -4.35. The zero-order valence-corrected chi connectivity index (χ0v) is 24.2. The van der Waals surface area contributed by atoms with Crippen molar-refractivity contribution in [3.05, 3.63) is 65.7 Å². The molecule has 0 radical (unpaired) electrons. The Bertz CT molecular complexity index is 1280. The van der Waals surface area contributed by atoms with E-state index in [9.17, 15) is 18.0 Å². The van der Waals surface area contributed by atoms with Crippen molar-refractivity contribution in [2.24, 2.45) is 0 Å². The van der Waals surface area contributed by atoms with Gasteiger partial charge in [-0.05, 0) is 49.2 Å². The largest absolute Gasteiger partial charge is 0.496 e. The monoisotopic (exact) mass is 572 g/mol. The standard InChI is InChI=1S/C29H33F3N4O3.C2H6/c1-3-27-33-18-26(39-27)23-11-10-22(17-25(23)38-2)34-13-15-35(16-14-34)28(37)19-36-12-4-5-24(36)20-6-8-21(9-7-20)29(30,31)32;1-2/h6-11,17-18,24H,3-5,12-16,19H2,1-2H3;1-2H3. The van der Waals surface area contributed by atoms with Gasteiger partial charge in [-0.3, -0.25) is 9.69 Å². The molecule has 1 atom stereocenters. The van der Waals surface area contributed by atoms with Gasteiger partial charge >= 0.3 is 6.18 Å². The number of methoxy groups -OCH3 is 1. The molecule has 0 spiro atoms. The Morgan fingerprint density at radius 2 is 1.76 bits per heavy atom. The number of alkyl halides is 3. The predicted molar refractivity (Wildman–Crippen MR) is 153 cm³/mol. The quantitative estimate of drug-likeness (QED) is 0.325. The van der Waals surface area contributed by atoms with Crippen LogP contribution in [-0.4, -0.2) is 67.1 Å². The third-order valence-electron chi connectivity index (χ3n) is 7.63. The molecule has 0 saturated carbocycles. The number of hydrogen-bond acceptors (Lipinski definition) is 6. The number of rotatable bonds is 7. The number of nitrogens with zero attached hydrogens (tertiary/aromatic N) is 4. The molecule has 5 rings (SSSR count). The Balaban J connectivity index is 0.00000189. The lowest BCUT2D eigenvalue weighted by molar-refractivity contribution is -0.137. The average Bonchev–Trinajstić information content (AvgIpc) is 3.67. The van der Waals surface area contributed by atoms with Crippen LogP contribution in [0.3, 0.4) is 0 Å². The van der Waals surface area contributed by atoms with Gasteiger partial charge in [0, 0.05) is 50.4 Å². The molecule has 10 heteroatoms. The summed E-state index contributed by atoms with van der Waals surface area (Å²) in [6.07, 6.45) is -0.175. The number of benzene rings is 2. The van der Waals surface area contributed by atoms with Crippen LogP contribution in [0.25, 0.3) is 11.3 Å². The van der Waals surface area contributed by atoms with Crippen LogP contribution < -0.4 is 9.64 Å². The van der Waals surface area contributed by atoms with Gasteiger partial charge < -0.3 is 19.0 Å². The van der Waals surface area contributed by atoms with Gasteiger partial charge in [0.25, 0.3) is 0 Å². The number of aromatic nitrogens is 1. The van der Waals surface area contributed by atoms with Crippen LogP contribution in [0.1, 0.15) is 56.7 Å². The van der Waals surface area contributed by atoms with Crippen molar-refractivity contribution in [3.8, 4) is 17.1 Å². The number of carbonyl (C=O) groups excluding carboxylic acids is 1. The first-order chi connectivity index (χ1) is 19.8. The molecule has 1 amide bonds. The molecule has 3 aromatic rings. The molecule has 2 aliphatic heterocycles. The van der Waals surface area contributed by atoms with Gasteiger partial charge in [-0.2, -0.15) is 13.2 Å². The molecular weight excluding hydrogens is 533 g/mol. The van der Waals surface area contributed by atoms with E-state index >= 15 is 0 Å². The number of halogens is 3. The van der Waals surface area contributed by atoms with Crippen molar-refractivity contribution in [3.63, 3.8) is 0 Å². The number of aryl methyl sites for hydroxylation is 1. The maximum absolute atomic E-state index is 13.2. The summed E-state index contributed by atoms with van der Waals surface area (Å²) in [6, 6.07) is 11.3. The Hall–Kier alpha value is -3.53. The zero-order chi connectivity index (χ0) is 29.6. The second kappa shape index (κ2) is 13.4. The van der Waals surface area contributed by atoms with E-state index in [1.807, 2.05) is 43.9 Å². The number of ether oxygens (including phenoxy) is 1. The molecule has 2 fully saturated rings. The van der Waals surface area contributed by atoms with Crippen molar-refractivity contribution >= 4 is 11.6 Å². The Morgan fingerprint density at radius 3 is 2.37 bits per heavy atom. The van der Waals surface area contributed by atoms with E-state index in [1.165, 1.54) is 0 Å². The van der Waals surface area contributed by atoms with E-state index in [0.29, 0.717) is 43.6 Å². The lowest BCUT2D eigenvalue weighted by Gasteiger charge is -2.37. The molecule has 2 aliphatic rings. The maximum Gasteiger partial charge on any atom is 0.416 e. The van der Waals surface area contributed by atoms with E-state index in [-0.39, 0.29) is 18.5 Å². The molecule has 1 aromatic heterocycles. The summed E-state index contributed by atoms with van der Waals surface area (Å²) >= 11 is 0. The molecule has 0 N–H and O–H groups in total. The smallest absolute Gasteiger partial charge is 0.416 e. The number of hydrogen-bond donors (Lipinski definition) is 0. The van der Waals surface area contributed by atoms with Gasteiger partial charge in [0.15, 0.2) is 11.7 Å². The topological polar surface area (TPSA) is 62.1 Å². The number of anilines is 1. The molecule has 3 heterocycles. The highest BCUT2D eigenvalue weighted by molar-refractivity contribution is 5.79. The highest BCUT2D eigenvalue weighted by atomic mass is 19.4. The summed E-state index contributed by atoms with van der Waals surface area (Å²) in [5, 5.41) is 0. The highest BCUT2D eigenvalue weighted by Gasteiger charge is 2.33. The van der Waals surface area contributed by atoms with Gasteiger partial charge in [-0.15, -0.1) is 0 Å². The second-order valence-corrected chi connectivity index (χ2v) is 9.97. The summed E-state index contributed by atoms with van der Waals surface area (Å²) in [6.45, 7) is 9.60. The van der Waals surface area contributed by atoms with Crippen LogP contribution in [0.5, 0.6) is 5.75 Å². The first-order valence-corrected chi connectivity index (χ1v) is 14.3. The van der Waals surface area contributed by atoms with Crippen LogP contribution in [0.2, 0.25) is 0 Å². The van der Waals surface area contributed by atoms with Gasteiger partial charge in [0.05, 0.1) is 31.0 Å². The number of oxazole rings is 1. The van der Waals surface area contributed by atoms with Crippen LogP contribution in [0.4, 0.5) is 18.9 Å². The summed E-state index contributed by atoms with van der Waals surface area (Å²) in [4.78, 5) is 23.7. The minimum Gasteiger partial charge on any atom is -0.496 e. The molecule has 0 aliphatic carbocycles. The van der Waals surface area contributed by atoms with Crippen molar-refractivity contribution in [1.82, 2.24) is 14.8 Å². The first kappa shape index (κ1) is 30.4. The average molecular weight is 573 g/mol. The molecule has 0 bridgehead atoms. The van der Waals surface area contributed by atoms with Crippen molar-refractivity contribution in [2.75, 3.05) is 51.3 Å². The Kier molecular flexibility index (Phi) is 9.96. The fourth-order valence-electron chi connectivity index (χ4n) is 5.45. The van der Waals surface area contributed by atoms with Crippen LogP contribution in [-0.2, 0) is 17.4 Å². The fourth-order valence-corrected chi connectivity index (χ4v) is 5.45.